The first kappa shape index (κ1) is 10.6. The molecule has 3 heteroatoms. The van der Waals surface area contributed by atoms with Crippen molar-refractivity contribution in [2.75, 3.05) is 0 Å². The van der Waals surface area contributed by atoms with Crippen LogP contribution in [0.1, 0.15) is 50.8 Å². The van der Waals surface area contributed by atoms with Gasteiger partial charge in [0.15, 0.2) is 0 Å². The quantitative estimate of drug-likeness (QED) is 0.766. The van der Waals surface area contributed by atoms with Gasteiger partial charge in [-0.05, 0) is 22.8 Å². The fraction of sp³-hybridized carbons (Fsp3) is 0.500. The van der Waals surface area contributed by atoms with E-state index in [0.717, 1.165) is 4.83 Å². The number of hydrogen-bond acceptors (Lipinski definition) is 3. The van der Waals surface area contributed by atoms with Crippen LogP contribution in [-0.4, -0.2) is 9.97 Å². The predicted molar refractivity (Wildman–Crippen MR) is 65.6 cm³/mol. The van der Waals surface area contributed by atoms with Gasteiger partial charge in [-0.2, -0.15) is 0 Å². The zero-order valence-electron chi connectivity index (χ0n) is 9.61. The second-order valence-corrected chi connectivity index (χ2v) is 5.30. The van der Waals surface area contributed by atoms with Gasteiger partial charge in [-0.15, -0.1) is 11.3 Å². The van der Waals surface area contributed by atoms with E-state index in [0.29, 0.717) is 11.8 Å². The summed E-state index contributed by atoms with van der Waals surface area (Å²) in [4.78, 5) is 9.87. The Balaban J connectivity index is 2.75. The summed E-state index contributed by atoms with van der Waals surface area (Å²) >= 11 is 1.72. The van der Waals surface area contributed by atoms with Gasteiger partial charge < -0.3 is 0 Å². The molecule has 2 nitrogen and oxygen atoms in total. The SMILES string of the molecule is CC(C)c1csc2ncnc(C(C)C)c12. The lowest BCUT2D eigenvalue weighted by molar-refractivity contribution is 0.820. The van der Waals surface area contributed by atoms with Crippen molar-refractivity contribution < 1.29 is 0 Å². The Morgan fingerprint density at radius 1 is 1.07 bits per heavy atom. The molecule has 2 heterocycles. The van der Waals surface area contributed by atoms with Gasteiger partial charge in [0, 0.05) is 5.39 Å². The largest absolute Gasteiger partial charge is 0.240 e. The van der Waals surface area contributed by atoms with Crippen LogP contribution in [0, 0.1) is 0 Å². The van der Waals surface area contributed by atoms with Crippen LogP contribution in [0.5, 0.6) is 0 Å². The van der Waals surface area contributed by atoms with Crippen LogP contribution in [0.15, 0.2) is 11.7 Å². The van der Waals surface area contributed by atoms with E-state index in [-0.39, 0.29) is 0 Å². The minimum Gasteiger partial charge on any atom is -0.240 e. The lowest BCUT2D eigenvalue weighted by atomic mass is 9.98. The molecule has 0 unspecified atom stereocenters. The molecule has 0 saturated carbocycles. The summed E-state index contributed by atoms with van der Waals surface area (Å²) < 4.78 is 0. The fourth-order valence-corrected chi connectivity index (χ4v) is 2.86. The molecule has 0 saturated heterocycles. The van der Waals surface area contributed by atoms with Crippen LogP contribution in [0.25, 0.3) is 10.2 Å². The monoisotopic (exact) mass is 220 g/mol. The first-order chi connectivity index (χ1) is 7.11. The zero-order chi connectivity index (χ0) is 11.0. The summed E-state index contributed by atoms with van der Waals surface area (Å²) in [5, 5.41) is 3.50. The molecule has 0 aliphatic carbocycles. The van der Waals surface area contributed by atoms with Crippen molar-refractivity contribution in [3.05, 3.63) is 23.0 Å². The van der Waals surface area contributed by atoms with Gasteiger partial charge in [0.1, 0.15) is 11.2 Å². The first-order valence-electron chi connectivity index (χ1n) is 5.33. The molecule has 15 heavy (non-hydrogen) atoms. The van der Waals surface area contributed by atoms with Gasteiger partial charge in [-0.1, -0.05) is 27.7 Å². The lowest BCUT2D eigenvalue weighted by Crippen LogP contribution is -1.96. The highest BCUT2D eigenvalue weighted by Gasteiger charge is 2.15. The summed E-state index contributed by atoms with van der Waals surface area (Å²) in [5.41, 5.74) is 2.57. The maximum atomic E-state index is 4.42. The van der Waals surface area contributed by atoms with Crippen molar-refractivity contribution in [3.8, 4) is 0 Å². The molecule has 0 amide bonds. The Labute approximate surface area is 94.4 Å². The van der Waals surface area contributed by atoms with Gasteiger partial charge in [-0.3, -0.25) is 0 Å². The van der Waals surface area contributed by atoms with Crippen molar-refractivity contribution in [3.63, 3.8) is 0 Å². The van der Waals surface area contributed by atoms with Crippen LogP contribution in [0.3, 0.4) is 0 Å². The predicted octanol–water partition coefficient (Wildman–Crippen LogP) is 3.94. The molecule has 0 fully saturated rings. The second-order valence-electron chi connectivity index (χ2n) is 4.44. The van der Waals surface area contributed by atoms with Crippen molar-refractivity contribution in [2.45, 2.75) is 39.5 Å². The van der Waals surface area contributed by atoms with Gasteiger partial charge in [0.2, 0.25) is 0 Å². The zero-order valence-corrected chi connectivity index (χ0v) is 10.4. The Kier molecular flexibility index (Phi) is 2.74. The van der Waals surface area contributed by atoms with Crippen molar-refractivity contribution in [2.24, 2.45) is 0 Å². The van der Waals surface area contributed by atoms with Crippen LogP contribution in [0.2, 0.25) is 0 Å². The number of thiophene rings is 1. The molecular formula is C12H16N2S. The summed E-state index contributed by atoms with van der Waals surface area (Å²) in [7, 11) is 0. The highest BCUT2D eigenvalue weighted by Crippen LogP contribution is 2.33. The van der Waals surface area contributed by atoms with Crippen molar-refractivity contribution in [1.29, 1.82) is 0 Å². The van der Waals surface area contributed by atoms with E-state index in [4.69, 9.17) is 0 Å². The van der Waals surface area contributed by atoms with Gasteiger partial charge in [0.05, 0.1) is 5.69 Å². The van der Waals surface area contributed by atoms with E-state index in [1.54, 1.807) is 17.7 Å². The molecule has 0 aliphatic rings. The molecular weight excluding hydrogens is 204 g/mol. The van der Waals surface area contributed by atoms with Crippen LogP contribution in [0.4, 0.5) is 0 Å². The molecule has 0 aromatic carbocycles. The highest BCUT2D eigenvalue weighted by atomic mass is 32.1. The Morgan fingerprint density at radius 2 is 1.80 bits per heavy atom. The van der Waals surface area contributed by atoms with E-state index < -0.39 is 0 Å². The van der Waals surface area contributed by atoms with Gasteiger partial charge >= 0.3 is 0 Å². The van der Waals surface area contributed by atoms with Crippen LogP contribution >= 0.6 is 11.3 Å². The lowest BCUT2D eigenvalue weighted by Gasteiger charge is -2.09. The third kappa shape index (κ3) is 1.76. The molecule has 0 N–H and O–H groups in total. The summed E-state index contributed by atoms with van der Waals surface area (Å²) in [6.45, 7) is 8.81. The molecule has 0 aliphatic heterocycles. The summed E-state index contributed by atoms with van der Waals surface area (Å²) in [6, 6.07) is 0. The second kappa shape index (κ2) is 3.89. The van der Waals surface area contributed by atoms with E-state index >= 15 is 0 Å². The average Bonchev–Trinajstić information content (AvgIpc) is 2.60. The number of rotatable bonds is 2. The maximum absolute atomic E-state index is 4.42. The first-order valence-corrected chi connectivity index (χ1v) is 6.21. The van der Waals surface area contributed by atoms with E-state index in [1.807, 2.05) is 0 Å². The molecule has 2 aromatic rings. The average molecular weight is 220 g/mol. The summed E-state index contributed by atoms with van der Waals surface area (Å²) in [6.07, 6.45) is 1.68. The van der Waals surface area contributed by atoms with Crippen molar-refractivity contribution >= 4 is 21.6 Å². The molecule has 80 valence electrons. The normalized spacial score (nSPS) is 11.9. The topological polar surface area (TPSA) is 25.8 Å². The Bertz CT molecular complexity index is 471. The number of fused-ring (bicyclic) bond motifs is 1. The number of hydrogen-bond donors (Lipinski definition) is 0. The smallest absolute Gasteiger partial charge is 0.127 e. The Morgan fingerprint density at radius 3 is 2.40 bits per heavy atom. The summed E-state index contributed by atoms with van der Waals surface area (Å²) in [5.74, 6) is 1.00. The standard InChI is InChI=1S/C12H16N2S/c1-7(2)9-5-15-12-10(9)11(8(3)4)13-6-14-12/h5-8H,1-4H3. The minimum absolute atomic E-state index is 0.461. The Hall–Kier alpha value is -0.960. The third-order valence-electron chi connectivity index (χ3n) is 2.60. The number of nitrogens with zero attached hydrogens (tertiary/aromatic N) is 2. The molecule has 2 rings (SSSR count). The highest BCUT2D eigenvalue weighted by molar-refractivity contribution is 7.17. The third-order valence-corrected chi connectivity index (χ3v) is 3.50. The van der Waals surface area contributed by atoms with E-state index in [9.17, 15) is 0 Å². The van der Waals surface area contributed by atoms with Gasteiger partial charge in [-0.25, -0.2) is 9.97 Å². The maximum Gasteiger partial charge on any atom is 0.127 e. The van der Waals surface area contributed by atoms with E-state index in [2.05, 4.69) is 43.0 Å². The van der Waals surface area contributed by atoms with E-state index in [1.165, 1.54) is 16.6 Å². The fourth-order valence-electron chi connectivity index (χ4n) is 1.78. The minimum atomic E-state index is 0.461. The molecule has 2 aromatic heterocycles. The van der Waals surface area contributed by atoms with Crippen LogP contribution in [-0.2, 0) is 0 Å². The molecule has 0 radical (unpaired) electrons. The number of aromatic nitrogens is 2. The van der Waals surface area contributed by atoms with Gasteiger partial charge in [0.25, 0.3) is 0 Å². The van der Waals surface area contributed by atoms with Crippen LogP contribution < -0.4 is 0 Å². The molecule has 0 spiro atoms. The molecule has 0 atom stereocenters. The van der Waals surface area contributed by atoms with Crippen molar-refractivity contribution in [1.82, 2.24) is 9.97 Å². The molecule has 0 bridgehead atoms.